The molecule has 3 rings (SSSR count). The number of benzene rings is 3. The van der Waals surface area contributed by atoms with Crippen molar-refractivity contribution in [1.29, 1.82) is 0 Å². The molecule has 1 heteroatoms. The lowest BCUT2D eigenvalue weighted by Gasteiger charge is -2.23. The van der Waals surface area contributed by atoms with Gasteiger partial charge in [-0.2, -0.15) is 0 Å². The van der Waals surface area contributed by atoms with Crippen LogP contribution in [0, 0.1) is 18.3 Å². The Labute approximate surface area is 214 Å². The molecular weight excluding hydrogens is 424 g/mol. The van der Waals surface area contributed by atoms with Crippen LogP contribution in [0.5, 0.6) is 5.75 Å². The highest BCUT2D eigenvalue weighted by atomic mass is 16.3. The number of phenolic OH excluding ortho intramolecular Hbond substituents is 1. The van der Waals surface area contributed by atoms with E-state index in [4.69, 9.17) is 0 Å². The lowest BCUT2D eigenvalue weighted by Crippen LogP contribution is -2.12. The van der Waals surface area contributed by atoms with Gasteiger partial charge in [-0.3, -0.25) is 0 Å². The summed E-state index contributed by atoms with van der Waals surface area (Å²) in [6, 6.07) is 22.5. The number of phenols is 1. The molecule has 0 radical (unpaired) electrons. The van der Waals surface area contributed by atoms with Gasteiger partial charge in [-0.25, -0.2) is 0 Å². The van der Waals surface area contributed by atoms with Crippen LogP contribution >= 0.6 is 0 Å². The maximum absolute atomic E-state index is 10.9. The first-order valence-corrected chi connectivity index (χ1v) is 13.3. The van der Waals surface area contributed by atoms with Gasteiger partial charge in [0.1, 0.15) is 5.75 Å². The molecule has 0 heterocycles. The maximum atomic E-state index is 10.9. The second-order valence-electron chi connectivity index (χ2n) is 13.0. The van der Waals surface area contributed by atoms with Crippen LogP contribution in [0.1, 0.15) is 93.8 Å². The maximum Gasteiger partial charge on any atom is 0.122 e. The molecule has 1 unspecified atom stereocenters. The number of hydrogen-bond acceptors (Lipinski definition) is 1. The average Bonchev–Trinajstić information content (AvgIpc) is 2.74. The number of hydrogen-bond donors (Lipinski definition) is 1. The van der Waals surface area contributed by atoms with Crippen LogP contribution in [0.2, 0.25) is 0 Å². The van der Waals surface area contributed by atoms with Crippen LogP contribution in [-0.2, 0) is 31.1 Å². The molecule has 1 N–H and O–H groups in total. The van der Waals surface area contributed by atoms with Crippen LogP contribution < -0.4 is 0 Å². The van der Waals surface area contributed by atoms with Gasteiger partial charge in [0.2, 0.25) is 0 Å². The van der Waals surface area contributed by atoms with Crippen LogP contribution in [0.3, 0.4) is 0 Å². The van der Waals surface area contributed by atoms with Gasteiger partial charge in [0.05, 0.1) is 0 Å². The Morgan fingerprint density at radius 3 is 1.74 bits per heavy atom. The van der Waals surface area contributed by atoms with E-state index in [0.29, 0.717) is 17.1 Å². The molecule has 1 nitrogen and oxygen atoms in total. The van der Waals surface area contributed by atoms with E-state index in [9.17, 15) is 5.11 Å². The summed E-state index contributed by atoms with van der Waals surface area (Å²) in [6.45, 7) is 17.9. The SMILES string of the molecule is Cc1cc(CCc2ccc(Cc3ccc(CC(C)CC(C)(C)C)cc3)cc2)c(O)c(C(C)(C)C)c1. The quantitative estimate of drug-likeness (QED) is 0.348. The summed E-state index contributed by atoms with van der Waals surface area (Å²) >= 11 is 0. The fraction of sp³-hybridized carbons (Fsp3) is 0.471. The summed E-state index contributed by atoms with van der Waals surface area (Å²) in [4.78, 5) is 0. The first-order valence-electron chi connectivity index (χ1n) is 13.3. The summed E-state index contributed by atoms with van der Waals surface area (Å²) in [5.74, 6) is 1.17. The van der Waals surface area contributed by atoms with Gasteiger partial charge in [0.25, 0.3) is 0 Å². The second kappa shape index (κ2) is 11.0. The molecule has 35 heavy (non-hydrogen) atoms. The third-order valence-corrected chi connectivity index (χ3v) is 6.82. The third-order valence-electron chi connectivity index (χ3n) is 6.82. The average molecular weight is 471 g/mol. The van der Waals surface area contributed by atoms with Crippen LogP contribution in [0.4, 0.5) is 0 Å². The van der Waals surface area contributed by atoms with Gasteiger partial charge in [-0.15, -0.1) is 0 Å². The van der Waals surface area contributed by atoms with E-state index in [-0.39, 0.29) is 5.41 Å². The lowest BCUT2D eigenvalue weighted by atomic mass is 9.83. The summed E-state index contributed by atoms with van der Waals surface area (Å²) in [6.07, 6.45) is 5.15. The van der Waals surface area contributed by atoms with Crippen LogP contribution in [-0.4, -0.2) is 5.11 Å². The van der Waals surface area contributed by atoms with Crippen molar-refractivity contribution in [3.63, 3.8) is 0 Å². The normalized spacial score (nSPS) is 13.1. The zero-order valence-electron chi connectivity index (χ0n) is 23.3. The van der Waals surface area contributed by atoms with Crippen molar-refractivity contribution in [3.8, 4) is 5.75 Å². The Hall–Kier alpha value is -2.54. The summed E-state index contributed by atoms with van der Waals surface area (Å²) in [5.41, 5.74) is 9.10. The molecule has 0 saturated heterocycles. The Morgan fingerprint density at radius 2 is 1.23 bits per heavy atom. The van der Waals surface area contributed by atoms with Gasteiger partial charge >= 0.3 is 0 Å². The fourth-order valence-corrected chi connectivity index (χ4v) is 5.27. The van der Waals surface area contributed by atoms with E-state index in [1.807, 2.05) is 0 Å². The van der Waals surface area contributed by atoms with E-state index in [1.54, 1.807) is 0 Å². The van der Waals surface area contributed by atoms with Crippen molar-refractivity contribution in [2.24, 2.45) is 11.3 Å². The van der Waals surface area contributed by atoms with Gasteiger partial charge in [0, 0.05) is 0 Å². The minimum Gasteiger partial charge on any atom is -0.507 e. The standard InChI is InChI=1S/C34H46O/c1-24-20-30(32(35)31(21-24)34(6,7)8)18-17-26-9-11-28(12-10-26)22-29-15-13-27(14-16-29)19-25(2)23-33(3,4)5/h9-16,20-21,25,35H,17-19,22-23H2,1-8H3. The fourth-order valence-electron chi connectivity index (χ4n) is 5.27. The van der Waals surface area contributed by atoms with E-state index < -0.39 is 0 Å². The van der Waals surface area contributed by atoms with E-state index >= 15 is 0 Å². The van der Waals surface area contributed by atoms with Crippen molar-refractivity contribution in [1.82, 2.24) is 0 Å². The lowest BCUT2D eigenvalue weighted by molar-refractivity contribution is 0.306. The molecule has 0 bridgehead atoms. The van der Waals surface area contributed by atoms with Crippen LogP contribution in [0.15, 0.2) is 60.7 Å². The molecular formula is C34H46O. The second-order valence-corrected chi connectivity index (χ2v) is 13.0. The third kappa shape index (κ3) is 8.27. The summed E-state index contributed by atoms with van der Waals surface area (Å²) in [5, 5.41) is 10.9. The highest BCUT2D eigenvalue weighted by Gasteiger charge is 2.20. The number of aromatic hydroxyl groups is 1. The molecule has 0 amide bonds. The topological polar surface area (TPSA) is 20.2 Å². The predicted molar refractivity (Wildman–Crippen MR) is 152 cm³/mol. The molecule has 3 aromatic rings. The number of rotatable bonds is 8. The molecule has 1 atom stereocenters. The molecule has 3 aromatic carbocycles. The van der Waals surface area contributed by atoms with Crippen molar-refractivity contribution in [2.75, 3.05) is 0 Å². The van der Waals surface area contributed by atoms with Crippen molar-refractivity contribution in [2.45, 2.75) is 92.9 Å². The molecule has 0 aromatic heterocycles. The first-order chi connectivity index (χ1) is 16.3. The monoisotopic (exact) mass is 470 g/mol. The Balaban J connectivity index is 1.58. The van der Waals surface area contributed by atoms with Crippen molar-refractivity contribution >= 4 is 0 Å². The zero-order valence-corrected chi connectivity index (χ0v) is 23.3. The predicted octanol–water partition coefficient (Wildman–Crippen LogP) is 8.99. The minimum absolute atomic E-state index is 0.0601. The Bertz CT molecular complexity index is 1090. The summed E-state index contributed by atoms with van der Waals surface area (Å²) in [7, 11) is 0. The van der Waals surface area contributed by atoms with Crippen LogP contribution in [0.25, 0.3) is 0 Å². The van der Waals surface area contributed by atoms with E-state index in [2.05, 4.69) is 116 Å². The smallest absolute Gasteiger partial charge is 0.122 e. The Morgan fingerprint density at radius 1 is 0.714 bits per heavy atom. The van der Waals surface area contributed by atoms with Gasteiger partial charge in [-0.1, -0.05) is 115 Å². The summed E-state index contributed by atoms with van der Waals surface area (Å²) < 4.78 is 0. The molecule has 0 aliphatic rings. The number of aryl methyl sites for hydroxylation is 3. The van der Waals surface area contributed by atoms with E-state index in [1.165, 1.54) is 34.2 Å². The molecule has 0 spiro atoms. The highest BCUT2D eigenvalue weighted by molar-refractivity contribution is 5.47. The van der Waals surface area contributed by atoms with Gasteiger partial charge in [-0.05, 0) is 89.2 Å². The molecule has 188 valence electrons. The zero-order chi connectivity index (χ0) is 25.8. The minimum atomic E-state index is -0.0601. The highest BCUT2D eigenvalue weighted by Crippen LogP contribution is 2.35. The molecule has 0 saturated carbocycles. The van der Waals surface area contributed by atoms with Gasteiger partial charge in [0.15, 0.2) is 0 Å². The van der Waals surface area contributed by atoms with E-state index in [0.717, 1.165) is 36.8 Å². The first kappa shape index (κ1) is 27.1. The Kier molecular flexibility index (Phi) is 8.52. The molecule has 0 aliphatic carbocycles. The van der Waals surface area contributed by atoms with Crippen molar-refractivity contribution in [3.05, 3.63) is 99.6 Å². The van der Waals surface area contributed by atoms with Crippen molar-refractivity contribution < 1.29 is 5.11 Å². The van der Waals surface area contributed by atoms with Gasteiger partial charge < -0.3 is 5.11 Å². The molecule has 0 aliphatic heterocycles. The molecule has 0 fully saturated rings. The largest absolute Gasteiger partial charge is 0.507 e.